The summed E-state index contributed by atoms with van der Waals surface area (Å²) in [6, 6.07) is 0. The zero-order chi connectivity index (χ0) is 8.55. The first-order valence-corrected chi connectivity index (χ1v) is 3.62. The first kappa shape index (κ1) is 7.09. The van der Waals surface area contributed by atoms with Crippen LogP contribution in [0.5, 0.6) is 0 Å². The van der Waals surface area contributed by atoms with Gasteiger partial charge in [0.1, 0.15) is 0 Å². The minimum absolute atomic E-state index is 0.0838. The van der Waals surface area contributed by atoms with Gasteiger partial charge in [-0.15, -0.1) is 0 Å². The predicted molar refractivity (Wildman–Crippen MR) is 40.5 cm³/mol. The van der Waals surface area contributed by atoms with Crippen LogP contribution in [0.4, 0.5) is 0 Å². The van der Waals surface area contributed by atoms with Crippen molar-refractivity contribution >= 4 is 11.6 Å². The van der Waals surface area contributed by atoms with Crippen LogP contribution in [0, 0.1) is 0 Å². The normalized spacial score (nSPS) is 21.5. The highest BCUT2D eigenvalue weighted by Gasteiger charge is 2.22. The molecule has 60 valence electrons. The van der Waals surface area contributed by atoms with Crippen LogP contribution in [0.3, 0.4) is 0 Å². The van der Waals surface area contributed by atoms with Gasteiger partial charge in [0.2, 0.25) is 0 Å². The third-order valence-electron chi connectivity index (χ3n) is 1.71. The number of hydrogen-bond donors (Lipinski definition) is 0. The summed E-state index contributed by atoms with van der Waals surface area (Å²) in [7, 11) is 0. The second kappa shape index (κ2) is 2.48. The largest absolute Gasteiger partial charge is 0.290 e. The van der Waals surface area contributed by atoms with Gasteiger partial charge >= 0.3 is 0 Å². The van der Waals surface area contributed by atoms with Crippen LogP contribution in [-0.4, -0.2) is 17.7 Å². The second-order valence-corrected chi connectivity index (χ2v) is 2.69. The van der Waals surface area contributed by atoms with Crippen molar-refractivity contribution in [2.75, 3.05) is 0 Å². The number of ketones is 2. The van der Waals surface area contributed by atoms with Gasteiger partial charge in [0.25, 0.3) is 0 Å². The van der Waals surface area contributed by atoms with E-state index in [1.165, 1.54) is 18.2 Å². The summed E-state index contributed by atoms with van der Waals surface area (Å²) in [4.78, 5) is 22.0. The van der Waals surface area contributed by atoms with Crippen molar-refractivity contribution < 1.29 is 9.59 Å². The monoisotopic (exact) mass is 162 g/mol. The number of carbonyl (C=O) groups excluding carboxylic acids is 2. The zero-order valence-electron chi connectivity index (χ0n) is 6.23. The van der Waals surface area contributed by atoms with Crippen LogP contribution in [0.2, 0.25) is 0 Å². The Hall–Kier alpha value is -1.58. The molecule has 12 heavy (non-hydrogen) atoms. The van der Waals surface area contributed by atoms with Crippen molar-refractivity contribution in [2.45, 2.75) is 12.6 Å². The second-order valence-electron chi connectivity index (χ2n) is 2.69. The molecule has 0 saturated carbocycles. The van der Waals surface area contributed by atoms with Gasteiger partial charge in [-0.05, 0) is 18.2 Å². The van der Waals surface area contributed by atoms with E-state index >= 15 is 0 Å². The van der Waals surface area contributed by atoms with E-state index in [9.17, 15) is 9.59 Å². The summed E-state index contributed by atoms with van der Waals surface area (Å²) in [6.07, 6.45) is 4.30. The van der Waals surface area contributed by atoms with Crippen molar-refractivity contribution in [3.63, 3.8) is 0 Å². The van der Waals surface area contributed by atoms with Gasteiger partial charge in [0.15, 0.2) is 17.7 Å². The molecule has 0 radical (unpaired) electrons. The average Bonchev–Trinajstić information content (AvgIpc) is 2.81. The number of allylic oxidation sites excluding steroid dienone is 3. The lowest BCUT2D eigenvalue weighted by molar-refractivity contribution is -0.114. The van der Waals surface area contributed by atoms with Gasteiger partial charge in [0, 0.05) is 12.0 Å². The Labute approximate surface area is 68.7 Å². The molecule has 0 saturated heterocycles. The first-order valence-electron chi connectivity index (χ1n) is 3.62. The van der Waals surface area contributed by atoms with E-state index in [2.05, 4.69) is 10.2 Å². The molecule has 1 aliphatic carbocycles. The highest BCUT2D eigenvalue weighted by molar-refractivity contribution is 6.17. The highest BCUT2D eigenvalue weighted by atomic mass is 16.1. The SMILES string of the molecule is O=C1C=CC(=O)C(CC2N=N2)=C1. The van der Waals surface area contributed by atoms with Gasteiger partial charge in [-0.3, -0.25) is 9.59 Å². The molecule has 0 spiro atoms. The summed E-state index contributed by atoms with van der Waals surface area (Å²) in [6.45, 7) is 0. The van der Waals surface area contributed by atoms with Crippen LogP contribution in [-0.2, 0) is 9.59 Å². The Bertz CT molecular complexity index is 333. The summed E-state index contributed by atoms with van der Waals surface area (Å²) in [5.74, 6) is -0.239. The fourth-order valence-corrected chi connectivity index (χ4v) is 1.04. The minimum atomic E-state index is -0.134. The smallest absolute Gasteiger partial charge is 0.185 e. The number of hydrogen-bond acceptors (Lipinski definition) is 4. The van der Waals surface area contributed by atoms with Crippen molar-refractivity contribution in [2.24, 2.45) is 10.2 Å². The lowest BCUT2D eigenvalue weighted by Crippen LogP contribution is -2.09. The average molecular weight is 162 g/mol. The fourth-order valence-electron chi connectivity index (χ4n) is 1.04. The lowest BCUT2D eigenvalue weighted by Gasteiger charge is -2.02. The van der Waals surface area contributed by atoms with Gasteiger partial charge in [0.05, 0.1) is 0 Å². The van der Waals surface area contributed by atoms with E-state index < -0.39 is 0 Å². The van der Waals surface area contributed by atoms with E-state index in [-0.39, 0.29) is 17.7 Å². The Balaban J connectivity index is 2.10. The molecule has 1 heterocycles. The van der Waals surface area contributed by atoms with E-state index in [0.29, 0.717) is 12.0 Å². The van der Waals surface area contributed by atoms with Crippen LogP contribution in [0.15, 0.2) is 34.0 Å². The number of rotatable bonds is 2. The van der Waals surface area contributed by atoms with Gasteiger partial charge in [-0.1, -0.05) is 0 Å². The van der Waals surface area contributed by atoms with Crippen molar-refractivity contribution in [3.05, 3.63) is 23.8 Å². The Morgan fingerprint density at radius 2 is 2.00 bits per heavy atom. The molecule has 4 nitrogen and oxygen atoms in total. The number of carbonyl (C=O) groups is 2. The third-order valence-corrected chi connectivity index (χ3v) is 1.71. The molecule has 2 aliphatic rings. The molecule has 0 bridgehead atoms. The van der Waals surface area contributed by atoms with Gasteiger partial charge in [-0.2, -0.15) is 10.2 Å². The predicted octanol–water partition coefficient (Wildman–Crippen LogP) is 0.803. The fraction of sp³-hybridized carbons (Fsp3) is 0.250. The number of nitrogens with zero attached hydrogens (tertiary/aromatic N) is 2. The summed E-state index contributed by atoms with van der Waals surface area (Å²) >= 11 is 0. The Kier molecular flexibility index (Phi) is 1.46. The molecule has 0 aromatic heterocycles. The maximum Gasteiger partial charge on any atom is 0.185 e. The van der Waals surface area contributed by atoms with Crippen LogP contribution in [0.25, 0.3) is 0 Å². The molecule has 0 aromatic carbocycles. The lowest BCUT2D eigenvalue weighted by atomic mass is 10.0. The minimum Gasteiger partial charge on any atom is -0.290 e. The van der Waals surface area contributed by atoms with Crippen molar-refractivity contribution in [1.29, 1.82) is 0 Å². The molecule has 4 heteroatoms. The van der Waals surface area contributed by atoms with E-state index in [0.717, 1.165) is 0 Å². The molecule has 0 unspecified atom stereocenters. The van der Waals surface area contributed by atoms with Crippen LogP contribution < -0.4 is 0 Å². The molecular formula is C8H6N2O2. The van der Waals surface area contributed by atoms with Gasteiger partial charge in [-0.25, -0.2) is 0 Å². The third kappa shape index (κ3) is 1.37. The quantitative estimate of drug-likeness (QED) is 0.564. The highest BCUT2D eigenvalue weighted by Crippen LogP contribution is 2.21. The Morgan fingerprint density at radius 1 is 1.25 bits per heavy atom. The van der Waals surface area contributed by atoms with Crippen LogP contribution in [0.1, 0.15) is 6.42 Å². The topological polar surface area (TPSA) is 58.9 Å². The van der Waals surface area contributed by atoms with Crippen molar-refractivity contribution in [1.82, 2.24) is 0 Å². The first-order chi connectivity index (χ1) is 5.75. The standard InChI is InChI=1S/C8H6N2O2/c11-6-1-2-7(12)5(3-6)4-8-9-10-8/h1-3,8H,4H2. The molecule has 0 N–H and O–H groups in total. The van der Waals surface area contributed by atoms with Crippen LogP contribution >= 0.6 is 0 Å². The molecule has 0 fully saturated rings. The zero-order valence-corrected chi connectivity index (χ0v) is 6.23. The molecule has 2 rings (SSSR count). The summed E-state index contributed by atoms with van der Waals surface area (Å²) in [5.41, 5.74) is 0.512. The molecular weight excluding hydrogens is 156 g/mol. The molecule has 0 aromatic rings. The molecule has 1 aliphatic heterocycles. The summed E-state index contributed by atoms with van der Waals surface area (Å²) in [5, 5.41) is 7.30. The maximum atomic E-state index is 11.1. The molecule has 0 amide bonds. The molecule has 0 atom stereocenters. The van der Waals surface area contributed by atoms with E-state index in [1.54, 1.807) is 0 Å². The van der Waals surface area contributed by atoms with Gasteiger partial charge < -0.3 is 0 Å². The summed E-state index contributed by atoms with van der Waals surface area (Å²) < 4.78 is 0. The maximum absolute atomic E-state index is 11.1. The van der Waals surface area contributed by atoms with Crippen molar-refractivity contribution in [3.8, 4) is 0 Å². The van der Waals surface area contributed by atoms with E-state index in [1.807, 2.05) is 0 Å². The Morgan fingerprint density at radius 3 is 2.67 bits per heavy atom. The van der Waals surface area contributed by atoms with E-state index in [4.69, 9.17) is 0 Å².